The molecule has 4 heteroatoms. The number of aromatic nitrogens is 2. The van der Waals surface area contributed by atoms with Crippen LogP contribution in [0.5, 0.6) is 0 Å². The molecule has 82 valence electrons. The third-order valence-corrected chi connectivity index (χ3v) is 3.34. The maximum atomic E-state index is 4.35. The van der Waals surface area contributed by atoms with E-state index in [2.05, 4.69) is 21.5 Å². The van der Waals surface area contributed by atoms with Crippen LogP contribution in [0.4, 0.5) is 5.82 Å². The molecule has 0 fully saturated rings. The summed E-state index contributed by atoms with van der Waals surface area (Å²) in [7, 11) is 0. The number of nitrogens with one attached hydrogen (secondary N) is 1. The first-order chi connectivity index (χ1) is 7.42. The molecule has 0 aliphatic heterocycles. The van der Waals surface area contributed by atoms with Crippen LogP contribution in [0.3, 0.4) is 0 Å². The molecule has 1 N–H and O–H groups in total. The van der Waals surface area contributed by atoms with Gasteiger partial charge in [-0.25, -0.2) is 9.97 Å². The molecule has 0 spiro atoms. The van der Waals surface area contributed by atoms with Crippen molar-refractivity contribution in [3.05, 3.63) is 17.6 Å². The van der Waals surface area contributed by atoms with Crippen LogP contribution in [0.2, 0.25) is 0 Å². The van der Waals surface area contributed by atoms with Gasteiger partial charge in [-0.2, -0.15) is 11.8 Å². The first-order valence-corrected chi connectivity index (χ1v) is 6.87. The maximum absolute atomic E-state index is 4.35. The molecular formula is C11H17N3S. The zero-order chi connectivity index (χ0) is 10.5. The maximum Gasteiger partial charge on any atom is 0.132 e. The van der Waals surface area contributed by atoms with E-state index in [1.165, 1.54) is 24.1 Å². The van der Waals surface area contributed by atoms with Crippen LogP contribution in [0.15, 0.2) is 6.33 Å². The van der Waals surface area contributed by atoms with E-state index in [-0.39, 0.29) is 0 Å². The number of thioether (sulfide) groups is 1. The quantitative estimate of drug-likeness (QED) is 0.794. The molecular weight excluding hydrogens is 206 g/mol. The summed E-state index contributed by atoms with van der Waals surface area (Å²) >= 11 is 1.85. The Labute approximate surface area is 95.1 Å². The molecule has 0 bridgehead atoms. The Kier molecular flexibility index (Phi) is 3.83. The summed E-state index contributed by atoms with van der Waals surface area (Å²) in [6, 6.07) is 0. The average Bonchev–Trinajstić information content (AvgIpc) is 2.30. The molecule has 1 aromatic heterocycles. The largest absolute Gasteiger partial charge is 0.369 e. The van der Waals surface area contributed by atoms with E-state index in [0.717, 1.165) is 31.0 Å². The van der Waals surface area contributed by atoms with Crippen LogP contribution in [0.1, 0.15) is 24.1 Å². The van der Waals surface area contributed by atoms with Crippen LogP contribution in [-0.4, -0.2) is 28.5 Å². The second-order valence-electron chi connectivity index (χ2n) is 3.77. The highest BCUT2D eigenvalue weighted by Crippen LogP contribution is 2.24. The number of hydrogen-bond acceptors (Lipinski definition) is 4. The Morgan fingerprint density at radius 2 is 2.20 bits per heavy atom. The van der Waals surface area contributed by atoms with Gasteiger partial charge < -0.3 is 5.32 Å². The molecule has 2 rings (SSSR count). The van der Waals surface area contributed by atoms with Crippen molar-refractivity contribution >= 4 is 17.6 Å². The van der Waals surface area contributed by atoms with Crippen molar-refractivity contribution < 1.29 is 0 Å². The van der Waals surface area contributed by atoms with Crippen LogP contribution in [0, 0.1) is 0 Å². The summed E-state index contributed by atoms with van der Waals surface area (Å²) in [5.41, 5.74) is 2.60. The Morgan fingerprint density at radius 3 is 3.07 bits per heavy atom. The van der Waals surface area contributed by atoms with E-state index in [0.29, 0.717) is 0 Å². The minimum absolute atomic E-state index is 0.991. The number of nitrogens with zero attached hydrogens (tertiary/aromatic N) is 2. The molecule has 0 aromatic carbocycles. The molecule has 0 radical (unpaired) electrons. The lowest BCUT2D eigenvalue weighted by Gasteiger charge is -2.17. The van der Waals surface area contributed by atoms with Gasteiger partial charge in [-0.3, -0.25) is 0 Å². The van der Waals surface area contributed by atoms with Crippen molar-refractivity contribution in [2.75, 3.05) is 23.9 Å². The number of fused-ring (bicyclic) bond motifs is 1. The fraction of sp³-hybridized carbons (Fsp3) is 0.636. The molecule has 3 nitrogen and oxygen atoms in total. The smallest absolute Gasteiger partial charge is 0.132 e. The lowest BCUT2D eigenvalue weighted by molar-refractivity contribution is 0.663. The fourth-order valence-corrected chi connectivity index (χ4v) is 2.25. The van der Waals surface area contributed by atoms with Crippen LogP contribution < -0.4 is 5.32 Å². The molecule has 0 unspecified atom stereocenters. The lowest BCUT2D eigenvalue weighted by atomic mass is 9.96. The van der Waals surface area contributed by atoms with E-state index >= 15 is 0 Å². The van der Waals surface area contributed by atoms with Crippen molar-refractivity contribution in [3.8, 4) is 0 Å². The molecule has 0 atom stereocenters. The standard InChI is InChI=1S/C11H17N3S/c1-15-7-6-12-11-9-4-2-3-5-10(9)13-8-14-11/h8H,2-7H2,1H3,(H,12,13,14). The van der Waals surface area contributed by atoms with Crippen LogP contribution in [-0.2, 0) is 12.8 Å². The molecule has 1 aromatic rings. The number of rotatable bonds is 4. The average molecular weight is 223 g/mol. The summed E-state index contributed by atoms with van der Waals surface area (Å²) in [4.78, 5) is 8.68. The van der Waals surface area contributed by atoms with Gasteiger partial charge in [0.25, 0.3) is 0 Å². The normalized spacial score (nSPS) is 14.7. The van der Waals surface area contributed by atoms with Crippen molar-refractivity contribution in [3.63, 3.8) is 0 Å². The third-order valence-electron chi connectivity index (χ3n) is 2.72. The molecule has 1 aliphatic rings. The SMILES string of the molecule is CSCCNc1ncnc2c1CCCC2. The van der Waals surface area contributed by atoms with Gasteiger partial charge in [0.15, 0.2) is 0 Å². The van der Waals surface area contributed by atoms with Crippen LogP contribution in [0.25, 0.3) is 0 Å². The molecule has 15 heavy (non-hydrogen) atoms. The van der Waals surface area contributed by atoms with Gasteiger partial charge in [-0.1, -0.05) is 0 Å². The van der Waals surface area contributed by atoms with E-state index in [9.17, 15) is 0 Å². The van der Waals surface area contributed by atoms with Gasteiger partial charge in [-0.05, 0) is 31.9 Å². The summed E-state index contributed by atoms with van der Waals surface area (Å²) in [6.07, 6.45) is 8.61. The Balaban J connectivity index is 2.09. The first-order valence-electron chi connectivity index (χ1n) is 5.47. The number of hydrogen-bond donors (Lipinski definition) is 1. The predicted molar refractivity (Wildman–Crippen MR) is 65.5 cm³/mol. The lowest BCUT2D eigenvalue weighted by Crippen LogP contribution is -2.13. The van der Waals surface area contributed by atoms with Crippen molar-refractivity contribution in [2.24, 2.45) is 0 Å². The van der Waals surface area contributed by atoms with Crippen molar-refractivity contribution in [1.82, 2.24) is 9.97 Å². The molecule has 0 saturated carbocycles. The summed E-state index contributed by atoms with van der Waals surface area (Å²) < 4.78 is 0. The Bertz CT molecular complexity index is 328. The van der Waals surface area contributed by atoms with Crippen molar-refractivity contribution in [2.45, 2.75) is 25.7 Å². The zero-order valence-electron chi connectivity index (χ0n) is 9.12. The van der Waals surface area contributed by atoms with E-state index in [4.69, 9.17) is 0 Å². The van der Waals surface area contributed by atoms with E-state index < -0.39 is 0 Å². The minimum atomic E-state index is 0.991. The second kappa shape index (κ2) is 5.35. The van der Waals surface area contributed by atoms with E-state index in [1.807, 2.05) is 11.8 Å². The minimum Gasteiger partial charge on any atom is -0.369 e. The first kappa shape index (κ1) is 10.7. The second-order valence-corrected chi connectivity index (χ2v) is 4.76. The Hall–Kier alpha value is -0.770. The topological polar surface area (TPSA) is 37.8 Å². The molecule has 0 amide bonds. The zero-order valence-corrected chi connectivity index (χ0v) is 9.94. The van der Waals surface area contributed by atoms with E-state index in [1.54, 1.807) is 6.33 Å². The highest BCUT2D eigenvalue weighted by atomic mass is 32.2. The van der Waals surface area contributed by atoms with Gasteiger partial charge in [0, 0.05) is 23.6 Å². The monoisotopic (exact) mass is 223 g/mol. The van der Waals surface area contributed by atoms with Gasteiger partial charge in [0.1, 0.15) is 12.1 Å². The predicted octanol–water partition coefficient (Wildman–Crippen LogP) is 2.13. The van der Waals surface area contributed by atoms with Gasteiger partial charge >= 0.3 is 0 Å². The summed E-state index contributed by atoms with van der Waals surface area (Å²) in [6.45, 7) is 0.991. The highest BCUT2D eigenvalue weighted by molar-refractivity contribution is 7.98. The van der Waals surface area contributed by atoms with Gasteiger partial charge in [-0.15, -0.1) is 0 Å². The molecule has 1 heterocycles. The van der Waals surface area contributed by atoms with Crippen LogP contribution >= 0.6 is 11.8 Å². The van der Waals surface area contributed by atoms with Gasteiger partial charge in [0.05, 0.1) is 0 Å². The molecule has 1 aliphatic carbocycles. The summed E-state index contributed by atoms with van der Waals surface area (Å²) in [5, 5.41) is 3.40. The Morgan fingerprint density at radius 1 is 1.33 bits per heavy atom. The van der Waals surface area contributed by atoms with Gasteiger partial charge in [0.2, 0.25) is 0 Å². The number of aryl methyl sites for hydroxylation is 1. The number of anilines is 1. The van der Waals surface area contributed by atoms with Crippen molar-refractivity contribution in [1.29, 1.82) is 0 Å². The third kappa shape index (κ3) is 2.62. The highest BCUT2D eigenvalue weighted by Gasteiger charge is 2.14. The summed E-state index contributed by atoms with van der Waals surface area (Å²) in [5.74, 6) is 2.19. The fourth-order valence-electron chi connectivity index (χ4n) is 1.94. The molecule has 0 saturated heterocycles.